The van der Waals surface area contributed by atoms with Crippen LogP contribution in [0.1, 0.15) is 18.4 Å². The third-order valence-corrected chi connectivity index (χ3v) is 5.15. The van der Waals surface area contributed by atoms with Gasteiger partial charge in [-0.05, 0) is 13.3 Å². The molecule has 0 aromatic carbocycles. The largest absolute Gasteiger partial charge is 0.378 e. The van der Waals surface area contributed by atoms with Gasteiger partial charge in [0.1, 0.15) is 29.6 Å². The van der Waals surface area contributed by atoms with E-state index in [1.54, 1.807) is 6.33 Å². The summed E-state index contributed by atoms with van der Waals surface area (Å²) in [7, 11) is 0. The molecule has 0 atom stereocenters. The number of morpholine rings is 1. The van der Waals surface area contributed by atoms with Gasteiger partial charge < -0.3 is 19.4 Å². The van der Waals surface area contributed by atoms with Crippen LogP contribution in [0.2, 0.25) is 0 Å². The van der Waals surface area contributed by atoms with E-state index in [-0.39, 0.29) is 0 Å². The lowest BCUT2D eigenvalue weighted by atomic mass is 10.2. The van der Waals surface area contributed by atoms with Crippen LogP contribution in [-0.4, -0.2) is 72.4 Å². The molecule has 8 heteroatoms. The Morgan fingerprint density at radius 1 is 0.815 bits per heavy atom. The number of ether oxygens (including phenoxy) is 1. The molecule has 4 rings (SSSR count). The van der Waals surface area contributed by atoms with Crippen molar-refractivity contribution in [1.29, 1.82) is 0 Å². The van der Waals surface area contributed by atoms with Gasteiger partial charge in [0.2, 0.25) is 0 Å². The minimum atomic E-state index is 0.760. The lowest BCUT2D eigenvalue weighted by molar-refractivity contribution is 0.122. The average Bonchev–Trinajstić information content (AvgIpc) is 2.74. The smallest absolute Gasteiger partial charge is 0.134 e. The minimum absolute atomic E-state index is 0.760. The summed E-state index contributed by atoms with van der Waals surface area (Å²) in [6, 6.07) is 4.22. The highest BCUT2D eigenvalue weighted by Crippen LogP contribution is 2.22. The lowest BCUT2D eigenvalue weighted by Gasteiger charge is -2.36. The number of aryl methyl sites for hydroxylation is 2. The lowest BCUT2D eigenvalue weighted by Crippen LogP contribution is -2.47. The molecule has 4 heterocycles. The monoisotopic (exact) mass is 369 g/mol. The van der Waals surface area contributed by atoms with Crippen molar-refractivity contribution in [1.82, 2.24) is 19.9 Å². The summed E-state index contributed by atoms with van der Waals surface area (Å²) in [5.74, 6) is 3.86. The molecule has 0 amide bonds. The Morgan fingerprint density at radius 2 is 1.41 bits per heavy atom. The summed E-state index contributed by atoms with van der Waals surface area (Å²) in [5, 5.41) is 0. The van der Waals surface area contributed by atoms with Crippen LogP contribution in [0.4, 0.5) is 17.5 Å². The van der Waals surface area contributed by atoms with Crippen molar-refractivity contribution < 1.29 is 4.74 Å². The molecule has 0 bridgehead atoms. The van der Waals surface area contributed by atoms with Crippen LogP contribution >= 0.6 is 0 Å². The number of piperazine rings is 1. The van der Waals surface area contributed by atoms with Crippen molar-refractivity contribution >= 4 is 17.5 Å². The van der Waals surface area contributed by atoms with Crippen LogP contribution in [-0.2, 0) is 11.2 Å². The summed E-state index contributed by atoms with van der Waals surface area (Å²) >= 11 is 0. The minimum Gasteiger partial charge on any atom is -0.378 e. The molecule has 0 radical (unpaired) electrons. The highest BCUT2D eigenvalue weighted by molar-refractivity contribution is 5.52. The number of aromatic nitrogens is 4. The first-order chi connectivity index (χ1) is 13.2. The van der Waals surface area contributed by atoms with Crippen molar-refractivity contribution in [3.63, 3.8) is 0 Å². The van der Waals surface area contributed by atoms with E-state index in [4.69, 9.17) is 9.72 Å². The van der Waals surface area contributed by atoms with Gasteiger partial charge in [-0.25, -0.2) is 19.9 Å². The topological polar surface area (TPSA) is 70.5 Å². The van der Waals surface area contributed by atoms with Crippen molar-refractivity contribution in [2.24, 2.45) is 0 Å². The molecule has 0 spiro atoms. The Morgan fingerprint density at radius 3 is 2.04 bits per heavy atom. The third kappa shape index (κ3) is 4.10. The van der Waals surface area contributed by atoms with Crippen LogP contribution in [0.3, 0.4) is 0 Å². The van der Waals surface area contributed by atoms with Gasteiger partial charge in [0.25, 0.3) is 0 Å². The highest BCUT2D eigenvalue weighted by atomic mass is 16.5. The molecule has 2 aliphatic rings. The van der Waals surface area contributed by atoms with E-state index < -0.39 is 0 Å². The van der Waals surface area contributed by atoms with Crippen molar-refractivity contribution in [2.45, 2.75) is 20.3 Å². The zero-order valence-corrected chi connectivity index (χ0v) is 16.1. The quantitative estimate of drug-likeness (QED) is 0.799. The summed E-state index contributed by atoms with van der Waals surface area (Å²) in [6.07, 6.45) is 2.60. The first-order valence-corrected chi connectivity index (χ1v) is 9.72. The van der Waals surface area contributed by atoms with Gasteiger partial charge in [-0.1, -0.05) is 6.92 Å². The Labute approximate surface area is 160 Å². The predicted octanol–water partition coefficient (Wildman–Crippen LogP) is 1.30. The van der Waals surface area contributed by atoms with E-state index in [2.05, 4.69) is 48.7 Å². The maximum absolute atomic E-state index is 5.46. The summed E-state index contributed by atoms with van der Waals surface area (Å²) in [5.41, 5.74) is 1.09. The Kier molecular flexibility index (Phi) is 5.33. The van der Waals surface area contributed by atoms with Gasteiger partial charge in [0, 0.05) is 57.1 Å². The van der Waals surface area contributed by atoms with E-state index in [1.165, 1.54) is 0 Å². The van der Waals surface area contributed by atoms with Crippen LogP contribution in [0, 0.1) is 6.92 Å². The fourth-order valence-electron chi connectivity index (χ4n) is 3.57. The first kappa shape index (κ1) is 17.9. The van der Waals surface area contributed by atoms with Gasteiger partial charge in [-0.2, -0.15) is 0 Å². The molecule has 8 nitrogen and oxygen atoms in total. The number of anilines is 3. The number of nitrogens with zero attached hydrogens (tertiary/aromatic N) is 7. The average molecular weight is 369 g/mol. The van der Waals surface area contributed by atoms with E-state index in [0.29, 0.717) is 0 Å². The van der Waals surface area contributed by atoms with Crippen LogP contribution in [0.5, 0.6) is 0 Å². The maximum atomic E-state index is 5.46. The van der Waals surface area contributed by atoms with E-state index in [9.17, 15) is 0 Å². The zero-order valence-electron chi connectivity index (χ0n) is 16.1. The van der Waals surface area contributed by atoms with Gasteiger partial charge in [0.05, 0.1) is 13.2 Å². The molecule has 27 heavy (non-hydrogen) atoms. The van der Waals surface area contributed by atoms with Crippen LogP contribution in [0.25, 0.3) is 0 Å². The van der Waals surface area contributed by atoms with E-state index >= 15 is 0 Å². The number of hydrogen-bond donors (Lipinski definition) is 0. The molecule has 2 saturated heterocycles. The van der Waals surface area contributed by atoms with Crippen LogP contribution < -0.4 is 14.7 Å². The first-order valence-electron chi connectivity index (χ1n) is 9.72. The highest BCUT2D eigenvalue weighted by Gasteiger charge is 2.21. The molecule has 144 valence electrons. The Bertz CT molecular complexity index is 770. The molecule has 0 saturated carbocycles. The van der Waals surface area contributed by atoms with Gasteiger partial charge in [-0.15, -0.1) is 0 Å². The van der Waals surface area contributed by atoms with Gasteiger partial charge >= 0.3 is 0 Å². The van der Waals surface area contributed by atoms with Crippen molar-refractivity contribution in [3.8, 4) is 0 Å². The van der Waals surface area contributed by atoms with Crippen LogP contribution in [0.15, 0.2) is 18.5 Å². The number of rotatable bonds is 4. The third-order valence-electron chi connectivity index (χ3n) is 5.15. The normalized spacial score (nSPS) is 18.1. The molecular weight excluding hydrogens is 342 g/mol. The fourth-order valence-corrected chi connectivity index (χ4v) is 3.57. The SMILES string of the molecule is CCc1cc(N2CCN(c3cc(N4CCOCC4)nc(C)n3)CC2)ncn1. The predicted molar refractivity (Wildman–Crippen MR) is 106 cm³/mol. The summed E-state index contributed by atoms with van der Waals surface area (Å²) in [4.78, 5) is 25.0. The molecular formula is C19H27N7O. The Hall–Kier alpha value is -2.48. The fraction of sp³-hybridized carbons (Fsp3) is 0.579. The molecule has 0 unspecified atom stereocenters. The van der Waals surface area contributed by atoms with Gasteiger partial charge in [0.15, 0.2) is 0 Å². The van der Waals surface area contributed by atoms with E-state index in [0.717, 1.165) is 87.9 Å². The zero-order chi connectivity index (χ0) is 18.6. The molecule has 0 aliphatic carbocycles. The molecule has 2 aliphatic heterocycles. The molecule has 2 fully saturated rings. The molecule has 0 N–H and O–H groups in total. The van der Waals surface area contributed by atoms with Crippen molar-refractivity contribution in [3.05, 3.63) is 30.0 Å². The Balaban J connectivity index is 1.45. The van der Waals surface area contributed by atoms with Crippen molar-refractivity contribution in [2.75, 3.05) is 67.2 Å². The second-order valence-electron chi connectivity index (χ2n) is 6.93. The molecule has 2 aromatic heterocycles. The summed E-state index contributed by atoms with van der Waals surface area (Å²) < 4.78 is 5.46. The molecule has 2 aromatic rings. The maximum Gasteiger partial charge on any atom is 0.134 e. The summed E-state index contributed by atoms with van der Waals surface area (Å²) in [6.45, 7) is 11.1. The second kappa shape index (κ2) is 8.04. The van der Waals surface area contributed by atoms with Gasteiger partial charge in [-0.3, -0.25) is 0 Å². The van der Waals surface area contributed by atoms with E-state index in [1.807, 2.05) is 6.92 Å². The second-order valence-corrected chi connectivity index (χ2v) is 6.93. The standard InChI is InChI=1S/C19H27N7O/c1-3-16-12-17(21-14-20-16)24-4-6-25(7-5-24)18-13-19(23-15(2)22-18)26-8-10-27-11-9-26/h12-14H,3-11H2,1-2H3. The number of hydrogen-bond acceptors (Lipinski definition) is 8.